The molecule has 1 aromatic heterocycles. The fraction of sp³-hybridized carbons (Fsp3) is 0.238. The highest BCUT2D eigenvalue weighted by molar-refractivity contribution is 6.31. The zero-order chi connectivity index (χ0) is 19.2. The van der Waals surface area contributed by atoms with Gasteiger partial charge in [0.25, 0.3) is 5.56 Å². The summed E-state index contributed by atoms with van der Waals surface area (Å²) in [5.74, 6) is 3.21. The fourth-order valence-electron chi connectivity index (χ4n) is 2.85. The molecule has 0 amide bonds. The van der Waals surface area contributed by atoms with E-state index >= 15 is 0 Å². The van der Waals surface area contributed by atoms with Gasteiger partial charge in [0.15, 0.2) is 0 Å². The van der Waals surface area contributed by atoms with Crippen LogP contribution >= 0.6 is 11.6 Å². The van der Waals surface area contributed by atoms with Crippen LogP contribution in [0.25, 0.3) is 10.9 Å². The minimum Gasteiger partial charge on any atom is -0.307 e. The highest BCUT2D eigenvalue weighted by Crippen LogP contribution is 2.20. The highest BCUT2D eigenvalue weighted by Gasteiger charge is 2.19. The smallest absolute Gasteiger partial charge is 0.280 e. The third kappa shape index (κ3) is 4.30. The first-order chi connectivity index (χ1) is 13.1. The summed E-state index contributed by atoms with van der Waals surface area (Å²) in [6.45, 7) is 2.84. The normalized spacial score (nSPS) is 11.9. The van der Waals surface area contributed by atoms with Gasteiger partial charge in [-0.15, -0.1) is 12.3 Å². The molecule has 0 fully saturated rings. The first kappa shape index (κ1) is 19.0. The summed E-state index contributed by atoms with van der Waals surface area (Å²) in [7, 11) is 0. The molecule has 0 saturated heterocycles. The number of rotatable bonds is 7. The summed E-state index contributed by atoms with van der Waals surface area (Å²) in [5.41, 5.74) is 4.30. The molecule has 0 saturated carbocycles. The van der Waals surface area contributed by atoms with Crippen molar-refractivity contribution >= 4 is 28.2 Å². The number of hydrogen-bond acceptors (Lipinski definition) is 4. The van der Waals surface area contributed by atoms with Crippen molar-refractivity contribution in [2.45, 2.75) is 25.8 Å². The summed E-state index contributed by atoms with van der Waals surface area (Å²) in [5, 5.41) is 4.40. The second-order valence-electron chi connectivity index (χ2n) is 6.16. The molecule has 2 aromatic carbocycles. The predicted octanol–water partition coefficient (Wildman–Crippen LogP) is 3.99. The Kier molecular flexibility index (Phi) is 6.12. The Balaban J connectivity index is 2.19. The largest absolute Gasteiger partial charge is 0.307 e. The number of benzene rings is 2. The van der Waals surface area contributed by atoms with Gasteiger partial charge < -0.3 is 5.32 Å². The van der Waals surface area contributed by atoms with Crippen LogP contribution in [0.15, 0.2) is 53.3 Å². The molecule has 6 heteroatoms. The van der Waals surface area contributed by atoms with Gasteiger partial charge in [0.2, 0.25) is 0 Å². The van der Waals surface area contributed by atoms with Crippen LogP contribution in [0.5, 0.6) is 0 Å². The quantitative estimate of drug-likeness (QED) is 0.608. The predicted molar refractivity (Wildman–Crippen MR) is 111 cm³/mol. The second kappa shape index (κ2) is 8.72. The first-order valence-corrected chi connectivity index (χ1v) is 9.23. The molecule has 27 heavy (non-hydrogen) atoms. The lowest BCUT2D eigenvalue weighted by Crippen LogP contribution is -2.36. The lowest BCUT2D eigenvalue weighted by Gasteiger charge is -2.22. The average Bonchev–Trinajstić information content (AvgIpc) is 2.68. The molecule has 2 N–H and O–H groups in total. The van der Waals surface area contributed by atoms with E-state index in [1.54, 1.807) is 18.2 Å². The number of para-hydroxylation sites is 1. The minimum absolute atomic E-state index is 0.198. The van der Waals surface area contributed by atoms with Gasteiger partial charge in [0.1, 0.15) is 5.82 Å². The Bertz CT molecular complexity index is 1020. The molecule has 1 unspecified atom stereocenters. The molecule has 3 rings (SSSR count). The van der Waals surface area contributed by atoms with Gasteiger partial charge in [-0.05, 0) is 43.3 Å². The van der Waals surface area contributed by atoms with E-state index in [1.165, 1.54) is 4.68 Å². The van der Waals surface area contributed by atoms with Crippen LogP contribution < -0.4 is 16.3 Å². The second-order valence-corrected chi connectivity index (χ2v) is 6.60. The number of aromatic nitrogens is 2. The Hall–Kier alpha value is -2.81. The third-order valence-corrected chi connectivity index (χ3v) is 4.38. The van der Waals surface area contributed by atoms with Crippen LogP contribution in [0, 0.1) is 12.3 Å². The maximum Gasteiger partial charge on any atom is 0.280 e. The van der Waals surface area contributed by atoms with Crippen LogP contribution in [0.3, 0.4) is 0 Å². The monoisotopic (exact) mass is 380 g/mol. The molecule has 0 aliphatic carbocycles. The topological polar surface area (TPSA) is 59.0 Å². The molecule has 3 aromatic rings. The number of terminal acetylenes is 1. The fourth-order valence-corrected chi connectivity index (χ4v) is 3.02. The summed E-state index contributed by atoms with van der Waals surface area (Å²) in [4.78, 5) is 17.9. The number of hydrogen-bond donors (Lipinski definition) is 2. The van der Waals surface area contributed by atoms with Gasteiger partial charge in [-0.25, -0.2) is 9.66 Å². The lowest BCUT2D eigenvalue weighted by atomic mass is 10.1. The molecule has 0 spiro atoms. The maximum absolute atomic E-state index is 13.2. The van der Waals surface area contributed by atoms with E-state index in [0.717, 1.165) is 18.7 Å². The van der Waals surface area contributed by atoms with Crippen molar-refractivity contribution in [1.29, 1.82) is 0 Å². The van der Waals surface area contributed by atoms with Crippen molar-refractivity contribution in [1.82, 2.24) is 15.0 Å². The third-order valence-electron chi connectivity index (χ3n) is 4.15. The van der Waals surface area contributed by atoms with E-state index in [4.69, 9.17) is 23.0 Å². The van der Waals surface area contributed by atoms with Gasteiger partial charge in [-0.1, -0.05) is 36.7 Å². The van der Waals surface area contributed by atoms with Crippen molar-refractivity contribution in [3.63, 3.8) is 0 Å². The van der Waals surface area contributed by atoms with E-state index in [0.29, 0.717) is 28.2 Å². The van der Waals surface area contributed by atoms with Crippen LogP contribution in [0.4, 0.5) is 5.69 Å². The number of halogens is 1. The zero-order valence-electron chi connectivity index (χ0n) is 15.1. The number of fused-ring (bicyclic) bond motifs is 1. The highest BCUT2D eigenvalue weighted by atomic mass is 35.5. The van der Waals surface area contributed by atoms with Crippen molar-refractivity contribution in [3.8, 4) is 12.3 Å². The Morgan fingerprint density at radius 2 is 2.04 bits per heavy atom. The SMILES string of the molecule is C#CCC(NCCC)c1nc2cc(Cl)ccc2c(=O)n1Nc1ccccc1. The van der Waals surface area contributed by atoms with Gasteiger partial charge in [-0.2, -0.15) is 0 Å². The van der Waals surface area contributed by atoms with Crippen LogP contribution in [0.1, 0.15) is 31.6 Å². The van der Waals surface area contributed by atoms with Crippen LogP contribution in [0.2, 0.25) is 5.02 Å². The Morgan fingerprint density at radius 1 is 1.26 bits per heavy atom. The van der Waals surface area contributed by atoms with E-state index < -0.39 is 0 Å². The van der Waals surface area contributed by atoms with E-state index in [1.807, 2.05) is 30.3 Å². The van der Waals surface area contributed by atoms with Crippen molar-refractivity contribution in [2.75, 3.05) is 12.0 Å². The summed E-state index contributed by atoms with van der Waals surface area (Å²) < 4.78 is 1.47. The first-order valence-electron chi connectivity index (χ1n) is 8.85. The van der Waals surface area contributed by atoms with Crippen molar-refractivity contribution < 1.29 is 0 Å². The molecule has 1 heterocycles. The maximum atomic E-state index is 13.2. The van der Waals surface area contributed by atoms with Crippen molar-refractivity contribution in [2.24, 2.45) is 0 Å². The standard InChI is InChI=1S/C21H21ClN4O/c1-3-8-18(23-13-4-2)20-24-19-14-15(22)11-12-17(19)21(27)26(20)25-16-9-6-5-7-10-16/h1,5-7,9-12,14,18,23,25H,4,8,13H2,2H3. The lowest BCUT2D eigenvalue weighted by molar-refractivity contribution is 0.499. The Labute approximate surface area is 163 Å². The van der Waals surface area contributed by atoms with Gasteiger partial charge in [0, 0.05) is 11.4 Å². The molecule has 1 atom stereocenters. The van der Waals surface area contributed by atoms with Gasteiger partial charge in [0.05, 0.1) is 22.6 Å². The summed E-state index contributed by atoms with van der Waals surface area (Å²) in [6.07, 6.45) is 6.92. The molecular weight excluding hydrogens is 360 g/mol. The van der Waals surface area contributed by atoms with Crippen LogP contribution in [-0.4, -0.2) is 16.2 Å². The number of nitrogens with one attached hydrogen (secondary N) is 2. The van der Waals surface area contributed by atoms with Crippen LogP contribution in [-0.2, 0) is 0 Å². The average molecular weight is 381 g/mol. The molecule has 0 radical (unpaired) electrons. The van der Waals surface area contributed by atoms with Gasteiger partial charge in [-0.3, -0.25) is 10.2 Å². The molecule has 5 nitrogen and oxygen atoms in total. The summed E-state index contributed by atoms with van der Waals surface area (Å²) in [6, 6.07) is 14.3. The van der Waals surface area contributed by atoms with Gasteiger partial charge >= 0.3 is 0 Å². The molecule has 0 aliphatic heterocycles. The number of anilines is 1. The molecule has 0 aliphatic rings. The van der Waals surface area contributed by atoms with E-state index in [2.05, 4.69) is 23.6 Å². The minimum atomic E-state index is -0.262. The van der Waals surface area contributed by atoms with E-state index in [-0.39, 0.29) is 11.6 Å². The van der Waals surface area contributed by atoms with E-state index in [9.17, 15) is 4.79 Å². The van der Waals surface area contributed by atoms with Crippen molar-refractivity contribution in [3.05, 3.63) is 69.7 Å². The number of nitrogens with zero attached hydrogens (tertiary/aromatic N) is 2. The Morgan fingerprint density at radius 3 is 2.74 bits per heavy atom. The zero-order valence-corrected chi connectivity index (χ0v) is 15.8. The molecule has 0 bridgehead atoms. The molecule has 138 valence electrons. The molecular formula is C21H21ClN4O. The summed E-state index contributed by atoms with van der Waals surface area (Å²) >= 11 is 6.10.